The molecule has 1 aliphatic heterocycles. The zero-order valence-electron chi connectivity index (χ0n) is 17.1. The summed E-state index contributed by atoms with van der Waals surface area (Å²) >= 11 is 5.93. The number of aromatic nitrogens is 1. The standard InChI is InChI=1S/C22H27ClN4O3/c1-15-12-17(23)6-8-19(15)30-11-3-5-21(28)26-18-7-9-20(25-13-18)27-10-2-4-16(14-27)22(24)29/h6-9,12-13,16H,2-5,10-11,14H2,1H3,(H2,24,29)(H,26,28). The van der Waals surface area contributed by atoms with Gasteiger partial charge < -0.3 is 20.7 Å². The summed E-state index contributed by atoms with van der Waals surface area (Å²) in [7, 11) is 0. The van der Waals surface area contributed by atoms with Gasteiger partial charge in [-0.2, -0.15) is 0 Å². The van der Waals surface area contributed by atoms with E-state index in [1.807, 2.05) is 31.2 Å². The first-order chi connectivity index (χ1) is 14.4. The quantitative estimate of drug-likeness (QED) is 0.624. The number of benzene rings is 1. The van der Waals surface area contributed by atoms with Crippen LogP contribution in [0, 0.1) is 12.8 Å². The number of hydrogen-bond donors (Lipinski definition) is 2. The molecule has 1 atom stereocenters. The second kappa shape index (κ2) is 10.3. The van der Waals surface area contributed by atoms with E-state index in [0.29, 0.717) is 36.7 Å². The van der Waals surface area contributed by atoms with Gasteiger partial charge in [0.2, 0.25) is 11.8 Å². The molecular weight excluding hydrogens is 404 g/mol. The third-order valence-corrected chi connectivity index (χ3v) is 5.36. The molecule has 1 saturated heterocycles. The zero-order valence-corrected chi connectivity index (χ0v) is 17.8. The summed E-state index contributed by atoms with van der Waals surface area (Å²) in [4.78, 5) is 30.1. The van der Waals surface area contributed by atoms with E-state index in [2.05, 4.69) is 15.2 Å². The van der Waals surface area contributed by atoms with E-state index < -0.39 is 0 Å². The number of nitrogens with two attached hydrogens (primary N) is 1. The van der Waals surface area contributed by atoms with Crippen molar-refractivity contribution in [2.75, 3.05) is 29.9 Å². The van der Waals surface area contributed by atoms with Crippen molar-refractivity contribution in [2.45, 2.75) is 32.6 Å². The molecule has 160 valence electrons. The number of amides is 2. The van der Waals surface area contributed by atoms with Crippen molar-refractivity contribution in [3.05, 3.63) is 47.1 Å². The SMILES string of the molecule is Cc1cc(Cl)ccc1OCCCC(=O)Nc1ccc(N2CCCC(C(N)=O)C2)nc1. The fourth-order valence-electron chi connectivity index (χ4n) is 3.48. The molecule has 7 nitrogen and oxygen atoms in total. The fourth-order valence-corrected chi connectivity index (χ4v) is 3.70. The van der Waals surface area contributed by atoms with Gasteiger partial charge in [-0.25, -0.2) is 4.98 Å². The molecule has 1 unspecified atom stereocenters. The molecule has 2 amide bonds. The Kier molecular flexibility index (Phi) is 7.52. The Morgan fingerprint density at radius 1 is 1.33 bits per heavy atom. The summed E-state index contributed by atoms with van der Waals surface area (Å²) in [6, 6.07) is 9.13. The van der Waals surface area contributed by atoms with Gasteiger partial charge in [0.05, 0.1) is 24.4 Å². The molecule has 0 radical (unpaired) electrons. The third kappa shape index (κ3) is 6.10. The average molecular weight is 431 g/mol. The number of nitrogens with one attached hydrogen (secondary N) is 1. The van der Waals surface area contributed by atoms with Gasteiger partial charge in [0.15, 0.2) is 0 Å². The maximum Gasteiger partial charge on any atom is 0.224 e. The van der Waals surface area contributed by atoms with E-state index in [1.165, 1.54) is 0 Å². The summed E-state index contributed by atoms with van der Waals surface area (Å²) in [6.07, 6.45) is 4.31. The monoisotopic (exact) mass is 430 g/mol. The van der Waals surface area contributed by atoms with Crippen LogP contribution in [0.3, 0.4) is 0 Å². The molecule has 1 aromatic heterocycles. The van der Waals surface area contributed by atoms with E-state index >= 15 is 0 Å². The minimum Gasteiger partial charge on any atom is -0.493 e. The normalized spacial score (nSPS) is 16.2. The van der Waals surface area contributed by atoms with Crippen LogP contribution >= 0.6 is 11.6 Å². The van der Waals surface area contributed by atoms with E-state index in [-0.39, 0.29) is 17.7 Å². The highest BCUT2D eigenvalue weighted by Crippen LogP contribution is 2.23. The highest BCUT2D eigenvalue weighted by Gasteiger charge is 2.24. The number of hydrogen-bond acceptors (Lipinski definition) is 5. The molecule has 1 fully saturated rings. The van der Waals surface area contributed by atoms with Gasteiger partial charge >= 0.3 is 0 Å². The largest absolute Gasteiger partial charge is 0.493 e. The molecule has 0 spiro atoms. The van der Waals surface area contributed by atoms with E-state index in [0.717, 1.165) is 36.5 Å². The summed E-state index contributed by atoms with van der Waals surface area (Å²) < 4.78 is 5.71. The van der Waals surface area contributed by atoms with E-state index in [4.69, 9.17) is 22.1 Å². The van der Waals surface area contributed by atoms with Crippen molar-refractivity contribution in [3.8, 4) is 5.75 Å². The van der Waals surface area contributed by atoms with Gasteiger partial charge in [0.25, 0.3) is 0 Å². The molecule has 0 saturated carbocycles. The van der Waals surface area contributed by atoms with Crippen molar-refractivity contribution in [1.29, 1.82) is 0 Å². The van der Waals surface area contributed by atoms with Crippen LogP contribution in [0.1, 0.15) is 31.2 Å². The zero-order chi connectivity index (χ0) is 21.5. The molecule has 0 bridgehead atoms. The maximum absolute atomic E-state index is 12.2. The number of carbonyl (C=O) groups is 2. The van der Waals surface area contributed by atoms with E-state index in [1.54, 1.807) is 12.3 Å². The number of ether oxygens (including phenoxy) is 1. The van der Waals surface area contributed by atoms with Crippen LogP contribution in [-0.4, -0.2) is 36.5 Å². The van der Waals surface area contributed by atoms with Crippen LogP contribution < -0.4 is 20.7 Å². The first-order valence-electron chi connectivity index (χ1n) is 10.1. The van der Waals surface area contributed by atoms with Crippen molar-refractivity contribution in [3.63, 3.8) is 0 Å². The van der Waals surface area contributed by atoms with Crippen molar-refractivity contribution in [2.24, 2.45) is 11.7 Å². The third-order valence-electron chi connectivity index (χ3n) is 5.12. The van der Waals surface area contributed by atoms with Gasteiger partial charge in [-0.05, 0) is 62.1 Å². The number of rotatable bonds is 8. The number of anilines is 2. The Morgan fingerprint density at radius 3 is 2.87 bits per heavy atom. The second-order valence-corrected chi connectivity index (χ2v) is 7.94. The first-order valence-corrected chi connectivity index (χ1v) is 10.5. The topological polar surface area (TPSA) is 97.5 Å². The van der Waals surface area contributed by atoms with Gasteiger partial charge in [0, 0.05) is 24.5 Å². The minimum absolute atomic E-state index is 0.0901. The van der Waals surface area contributed by atoms with Crippen LogP contribution in [-0.2, 0) is 9.59 Å². The molecule has 2 heterocycles. The molecule has 30 heavy (non-hydrogen) atoms. The Morgan fingerprint density at radius 2 is 2.17 bits per heavy atom. The van der Waals surface area contributed by atoms with E-state index in [9.17, 15) is 9.59 Å². The lowest BCUT2D eigenvalue weighted by Crippen LogP contribution is -2.41. The van der Waals surface area contributed by atoms with Crippen molar-refractivity contribution < 1.29 is 14.3 Å². The number of primary amides is 1. The molecular formula is C22H27ClN4O3. The van der Waals surface area contributed by atoms with Crippen molar-refractivity contribution in [1.82, 2.24) is 4.98 Å². The van der Waals surface area contributed by atoms with Gasteiger partial charge in [-0.15, -0.1) is 0 Å². The van der Waals surface area contributed by atoms with Crippen LogP contribution in [0.2, 0.25) is 5.02 Å². The van der Waals surface area contributed by atoms with Crippen LogP contribution in [0.15, 0.2) is 36.5 Å². The summed E-state index contributed by atoms with van der Waals surface area (Å²) in [6.45, 7) is 3.81. The predicted octanol–water partition coefficient (Wildman–Crippen LogP) is 3.54. The summed E-state index contributed by atoms with van der Waals surface area (Å²) in [5.41, 5.74) is 7.04. The lowest BCUT2D eigenvalue weighted by atomic mass is 9.97. The predicted molar refractivity (Wildman–Crippen MR) is 118 cm³/mol. The molecule has 8 heteroatoms. The molecule has 1 aliphatic rings. The second-order valence-electron chi connectivity index (χ2n) is 7.50. The Bertz CT molecular complexity index is 888. The summed E-state index contributed by atoms with van der Waals surface area (Å²) in [5.74, 6) is 1.06. The Labute approximate surface area is 181 Å². The number of nitrogens with zero attached hydrogens (tertiary/aromatic N) is 2. The number of carbonyl (C=O) groups excluding carboxylic acids is 2. The summed E-state index contributed by atoms with van der Waals surface area (Å²) in [5, 5.41) is 3.52. The van der Waals surface area contributed by atoms with Crippen molar-refractivity contribution >= 4 is 34.9 Å². The van der Waals surface area contributed by atoms with Crippen LogP contribution in [0.25, 0.3) is 0 Å². The molecule has 0 aliphatic carbocycles. The molecule has 3 N–H and O–H groups in total. The average Bonchev–Trinajstić information content (AvgIpc) is 2.73. The number of aryl methyl sites for hydroxylation is 1. The maximum atomic E-state index is 12.2. The molecule has 3 rings (SSSR count). The van der Waals surface area contributed by atoms with Crippen LogP contribution in [0.5, 0.6) is 5.75 Å². The first kappa shape index (κ1) is 21.9. The van der Waals surface area contributed by atoms with Gasteiger partial charge in [-0.3, -0.25) is 9.59 Å². The minimum atomic E-state index is -0.265. The Balaban J connectivity index is 1.42. The fraction of sp³-hybridized carbons (Fsp3) is 0.409. The molecule has 1 aromatic carbocycles. The molecule has 2 aromatic rings. The lowest BCUT2D eigenvalue weighted by molar-refractivity contribution is -0.122. The number of pyridine rings is 1. The smallest absolute Gasteiger partial charge is 0.224 e. The highest BCUT2D eigenvalue weighted by molar-refractivity contribution is 6.30. The number of piperidine rings is 1. The number of halogens is 1. The lowest BCUT2D eigenvalue weighted by Gasteiger charge is -2.32. The Hall–Kier alpha value is -2.80. The van der Waals surface area contributed by atoms with Gasteiger partial charge in [0.1, 0.15) is 11.6 Å². The van der Waals surface area contributed by atoms with Crippen LogP contribution in [0.4, 0.5) is 11.5 Å². The van der Waals surface area contributed by atoms with Gasteiger partial charge in [-0.1, -0.05) is 11.6 Å². The highest BCUT2D eigenvalue weighted by atomic mass is 35.5.